The lowest BCUT2D eigenvalue weighted by atomic mass is 10.1. The molecule has 0 atom stereocenters. The molecular weight excluding hydrogens is 587 g/mol. The van der Waals surface area contributed by atoms with Gasteiger partial charge in [0.1, 0.15) is 9.83 Å². The van der Waals surface area contributed by atoms with Crippen molar-refractivity contribution in [1.82, 2.24) is 9.55 Å². The number of hydrogen-bond acceptors (Lipinski definition) is 8. The van der Waals surface area contributed by atoms with Crippen LogP contribution in [0.15, 0.2) is 113 Å². The fraction of sp³-hybridized carbons (Fsp3) is 0.0625. The van der Waals surface area contributed by atoms with Crippen molar-refractivity contribution in [2.75, 3.05) is 18.2 Å². The van der Waals surface area contributed by atoms with E-state index in [1.807, 2.05) is 97.1 Å². The topological polar surface area (TPSA) is 90.3 Å². The van der Waals surface area contributed by atoms with E-state index in [4.69, 9.17) is 9.72 Å². The molecule has 0 aliphatic carbocycles. The van der Waals surface area contributed by atoms with E-state index in [0.717, 1.165) is 32.6 Å². The third-order valence-electron chi connectivity index (χ3n) is 6.39. The highest BCUT2D eigenvalue weighted by Crippen LogP contribution is 2.36. The normalized spacial score (nSPS) is 11.0. The minimum Gasteiger partial charge on any atom is -0.465 e. The SMILES string of the molecule is COC(=O)c1cc(-c2ccccc2)sc1NC(=O)CSc1nc2sc(-c3ccccc3)cc2c(=O)n1-c1ccccc1. The summed E-state index contributed by atoms with van der Waals surface area (Å²) < 4.78 is 6.50. The van der Waals surface area contributed by atoms with Crippen molar-refractivity contribution in [3.8, 4) is 26.6 Å². The Bertz CT molecular complexity index is 1950. The van der Waals surface area contributed by atoms with Gasteiger partial charge >= 0.3 is 5.97 Å². The number of aromatic nitrogens is 2. The van der Waals surface area contributed by atoms with E-state index in [-0.39, 0.29) is 22.8 Å². The van der Waals surface area contributed by atoms with Gasteiger partial charge in [0, 0.05) is 9.75 Å². The summed E-state index contributed by atoms with van der Waals surface area (Å²) in [5.41, 5.74) is 2.68. The lowest BCUT2D eigenvalue weighted by Gasteiger charge is -2.12. The maximum atomic E-state index is 13.8. The van der Waals surface area contributed by atoms with E-state index in [1.165, 1.54) is 29.8 Å². The maximum Gasteiger partial charge on any atom is 0.340 e. The summed E-state index contributed by atoms with van der Waals surface area (Å²) in [4.78, 5) is 46.7. The summed E-state index contributed by atoms with van der Waals surface area (Å²) in [5.74, 6) is -0.897. The molecule has 0 aliphatic heterocycles. The Kier molecular flexibility index (Phi) is 8.00. The monoisotopic (exact) mass is 609 g/mol. The first-order chi connectivity index (χ1) is 20.5. The maximum absolute atomic E-state index is 13.8. The van der Waals surface area contributed by atoms with Gasteiger partial charge in [0.05, 0.1) is 29.5 Å². The number of thioether (sulfide) groups is 1. The highest BCUT2D eigenvalue weighted by atomic mass is 32.2. The predicted octanol–water partition coefficient (Wildman–Crippen LogP) is 7.36. The van der Waals surface area contributed by atoms with Crippen LogP contribution in [0.2, 0.25) is 0 Å². The summed E-state index contributed by atoms with van der Waals surface area (Å²) in [6.45, 7) is 0. The number of nitrogens with zero attached hydrogens (tertiary/aromatic N) is 2. The summed E-state index contributed by atoms with van der Waals surface area (Å²) >= 11 is 3.90. The van der Waals surface area contributed by atoms with E-state index in [2.05, 4.69) is 5.32 Å². The molecule has 0 radical (unpaired) electrons. The molecule has 6 rings (SSSR count). The molecule has 0 unspecified atom stereocenters. The zero-order chi connectivity index (χ0) is 29.1. The Morgan fingerprint density at radius 1 is 0.857 bits per heavy atom. The van der Waals surface area contributed by atoms with E-state index >= 15 is 0 Å². The van der Waals surface area contributed by atoms with E-state index in [9.17, 15) is 14.4 Å². The molecule has 0 spiro atoms. The number of para-hydroxylation sites is 1. The Labute approximate surface area is 253 Å². The van der Waals surface area contributed by atoms with Crippen LogP contribution in [0, 0.1) is 0 Å². The zero-order valence-corrected chi connectivity index (χ0v) is 24.7. The number of thiophene rings is 2. The van der Waals surface area contributed by atoms with Gasteiger partial charge in [0.25, 0.3) is 5.56 Å². The molecule has 1 amide bonds. The molecule has 6 aromatic rings. The molecule has 42 heavy (non-hydrogen) atoms. The summed E-state index contributed by atoms with van der Waals surface area (Å²) in [5, 5.41) is 4.19. The van der Waals surface area contributed by atoms with Crippen LogP contribution in [0.3, 0.4) is 0 Å². The fourth-order valence-electron chi connectivity index (χ4n) is 4.39. The Hall–Kier alpha value is -4.51. The van der Waals surface area contributed by atoms with Crippen LogP contribution in [0.5, 0.6) is 0 Å². The predicted molar refractivity (Wildman–Crippen MR) is 171 cm³/mol. The van der Waals surface area contributed by atoms with Gasteiger partial charge < -0.3 is 10.1 Å². The second kappa shape index (κ2) is 12.2. The first kappa shape index (κ1) is 27.6. The van der Waals surface area contributed by atoms with Crippen LogP contribution in [0.25, 0.3) is 36.8 Å². The molecule has 10 heteroatoms. The third-order valence-corrected chi connectivity index (χ3v) is 9.50. The molecule has 3 heterocycles. The highest BCUT2D eigenvalue weighted by Gasteiger charge is 2.21. The van der Waals surface area contributed by atoms with Crippen molar-refractivity contribution >= 4 is 61.5 Å². The van der Waals surface area contributed by atoms with Crippen LogP contribution < -0.4 is 10.9 Å². The quantitative estimate of drug-likeness (QED) is 0.110. The van der Waals surface area contributed by atoms with Crippen LogP contribution in [-0.2, 0) is 9.53 Å². The number of rotatable bonds is 8. The third kappa shape index (κ3) is 5.64. The number of carbonyl (C=O) groups is 2. The summed E-state index contributed by atoms with van der Waals surface area (Å²) in [6, 6.07) is 32.3. The smallest absolute Gasteiger partial charge is 0.340 e. The van der Waals surface area contributed by atoms with Gasteiger partial charge in [-0.25, -0.2) is 9.78 Å². The van der Waals surface area contributed by atoms with Gasteiger partial charge in [-0.15, -0.1) is 22.7 Å². The van der Waals surface area contributed by atoms with Crippen LogP contribution >= 0.6 is 34.4 Å². The van der Waals surface area contributed by atoms with Crippen molar-refractivity contribution in [3.05, 3.63) is 119 Å². The number of esters is 1. The van der Waals surface area contributed by atoms with Gasteiger partial charge in [0.15, 0.2) is 5.16 Å². The molecule has 208 valence electrons. The van der Waals surface area contributed by atoms with E-state index in [0.29, 0.717) is 26.1 Å². The lowest BCUT2D eigenvalue weighted by Crippen LogP contribution is -2.22. The van der Waals surface area contributed by atoms with Crippen LogP contribution in [0.4, 0.5) is 5.00 Å². The van der Waals surface area contributed by atoms with Crippen molar-refractivity contribution < 1.29 is 14.3 Å². The number of fused-ring (bicyclic) bond motifs is 1. The number of ether oxygens (including phenoxy) is 1. The molecule has 7 nitrogen and oxygen atoms in total. The number of nitrogens with one attached hydrogen (secondary N) is 1. The van der Waals surface area contributed by atoms with Gasteiger partial charge in [-0.3, -0.25) is 14.2 Å². The largest absolute Gasteiger partial charge is 0.465 e. The average molecular weight is 610 g/mol. The minimum atomic E-state index is -0.534. The molecular formula is C32H23N3O4S3. The molecule has 0 saturated heterocycles. The Morgan fingerprint density at radius 2 is 1.45 bits per heavy atom. The number of methoxy groups -OCH3 is 1. The fourth-order valence-corrected chi connectivity index (χ4v) is 7.35. The van der Waals surface area contributed by atoms with Crippen LogP contribution in [-0.4, -0.2) is 34.3 Å². The van der Waals surface area contributed by atoms with Crippen molar-refractivity contribution in [1.29, 1.82) is 0 Å². The van der Waals surface area contributed by atoms with Gasteiger partial charge in [0.2, 0.25) is 5.91 Å². The molecule has 1 N–H and O–H groups in total. The number of amides is 1. The van der Waals surface area contributed by atoms with Crippen molar-refractivity contribution in [2.24, 2.45) is 0 Å². The number of hydrogen-bond donors (Lipinski definition) is 1. The second-order valence-corrected chi connectivity index (χ2v) is 12.1. The van der Waals surface area contributed by atoms with Crippen molar-refractivity contribution in [3.63, 3.8) is 0 Å². The number of carbonyl (C=O) groups excluding carboxylic acids is 2. The van der Waals surface area contributed by atoms with Crippen molar-refractivity contribution in [2.45, 2.75) is 5.16 Å². The van der Waals surface area contributed by atoms with E-state index in [1.54, 1.807) is 10.6 Å². The number of benzene rings is 3. The van der Waals surface area contributed by atoms with Crippen LogP contribution in [0.1, 0.15) is 10.4 Å². The average Bonchev–Trinajstić information content (AvgIpc) is 3.66. The standard InChI is InChI=1S/C32H23N3O4S3/c1-39-31(38)24-18-26(21-13-7-3-8-14-21)42-29(24)33-27(36)19-40-32-34-28-23(17-25(41-28)20-11-5-2-6-12-20)30(37)35(32)22-15-9-4-10-16-22/h2-18H,19H2,1H3,(H,33,36). The van der Waals surface area contributed by atoms with Gasteiger partial charge in [-0.1, -0.05) is 90.6 Å². The number of anilines is 1. The Morgan fingerprint density at radius 3 is 2.07 bits per heavy atom. The molecule has 3 aromatic heterocycles. The summed E-state index contributed by atoms with van der Waals surface area (Å²) in [7, 11) is 1.31. The molecule has 0 aliphatic rings. The minimum absolute atomic E-state index is 0.0269. The molecule has 0 fully saturated rings. The first-order valence-corrected chi connectivity index (χ1v) is 15.5. The molecule has 3 aromatic carbocycles. The Balaban J connectivity index is 1.31. The summed E-state index contributed by atoms with van der Waals surface area (Å²) in [6.07, 6.45) is 0. The zero-order valence-electron chi connectivity index (χ0n) is 22.3. The van der Waals surface area contributed by atoms with Gasteiger partial charge in [-0.2, -0.15) is 0 Å². The highest BCUT2D eigenvalue weighted by molar-refractivity contribution is 7.99. The first-order valence-electron chi connectivity index (χ1n) is 12.9. The van der Waals surface area contributed by atoms with E-state index < -0.39 is 5.97 Å². The van der Waals surface area contributed by atoms with Gasteiger partial charge in [-0.05, 0) is 35.4 Å². The second-order valence-electron chi connectivity index (χ2n) is 9.11. The molecule has 0 saturated carbocycles. The lowest BCUT2D eigenvalue weighted by molar-refractivity contribution is -0.113. The molecule has 0 bridgehead atoms.